The molecule has 6 heteroatoms. The first-order valence-electron chi connectivity index (χ1n) is 9.78. The highest BCUT2D eigenvalue weighted by molar-refractivity contribution is 7.14. The van der Waals surface area contributed by atoms with Crippen LogP contribution in [0.25, 0.3) is 11.3 Å². The van der Waals surface area contributed by atoms with E-state index in [0.717, 1.165) is 11.3 Å². The van der Waals surface area contributed by atoms with Crippen LogP contribution in [-0.4, -0.2) is 34.8 Å². The minimum absolute atomic E-state index is 0.00437. The molecule has 0 radical (unpaired) electrons. The average molecular weight is 400 g/mol. The lowest BCUT2D eigenvalue weighted by Gasteiger charge is -2.35. The molecule has 1 fully saturated rings. The standard InChI is InChI=1S/C22H29N3O2S/c1-14-6-7-15(2)17(12-14)18-13-28-21(23-18)24-19(26)16-8-10-25(11-9-16)20(27)22(3,4)5/h6-7,12-13,16H,8-11H2,1-5H3,(H,23,24,26). The molecule has 2 amide bonds. The van der Waals surface area contributed by atoms with Crippen LogP contribution < -0.4 is 5.32 Å². The predicted molar refractivity (Wildman–Crippen MR) is 114 cm³/mol. The number of thiazole rings is 1. The summed E-state index contributed by atoms with van der Waals surface area (Å²) in [7, 11) is 0. The number of aromatic nitrogens is 1. The third-order valence-electron chi connectivity index (χ3n) is 5.20. The highest BCUT2D eigenvalue weighted by atomic mass is 32.1. The molecule has 150 valence electrons. The lowest BCUT2D eigenvalue weighted by atomic mass is 9.91. The fourth-order valence-corrected chi connectivity index (χ4v) is 4.21. The van der Waals surface area contributed by atoms with E-state index in [4.69, 9.17) is 0 Å². The number of carbonyl (C=O) groups is 2. The molecular weight excluding hydrogens is 370 g/mol. The Kier molecular flexibility index (Phi) is 5.89. The van der Waals surface area contributed by atoms with Crippen molar-refractivity contribution in [2.24, 2.45) is 11.3 Å². The first kappa shape index (κ1) is 20.5. The number of anilines is 1. The summed E-state index contributed by atoms with van der Waals surface area (Å²) in [6, 6.07) is 6.30. The smallest absolute Gasteiger partial charge is 0.229 e. The van der Waals surface area contributed by atoms with Gasteiger partial charge in [0.15, 0.2) is 5.13 Å². The molecule has 0 atom stereocenters. The van der Waals surface area contributed by atoms with Crippen LogP contribution in [0.3, 0.4) is 0 Å². The molecular formula is C22H29N3O2S. The molecule has 0 spiro atoms. The van der Waals surface area contributed by atoms with E-state index < -0.39 is 0 Å². The lowest BCUT2D eigenvalue weighted by Crippen LogP contribution is -2.45. The monoisotopic (exact) mass is 399 g/mol. The van der Waals surface area contributed by atoms with Crippen LogP contribution in [0.1, 0.15) is 44.7 Å². The largest absolute Gasteiger partial charge is 0.342 e. The fraction of sp³-hybridized carbons (Fsp3) is 0.500. The van der Waals surface area contributed by atoms with Gasteiger partial charge in [0.25, 0.3) is 0 Å². The van der Waals surface area contributed by atoms with Gasteiger partial charge in [0, 0.05) is 35.4 Å². The van der Waals surface area contributed by atoms with Crippen LogP contribution >= 0.6 is 11.3 Å². The zero-order chi connectivity index (χ0) is 20.5. The minimum Gasteiger partial charge on any atom is -0.342 e. The minimum atomic E-state index is -0.375. The van der Waals surface area contributed by atoms with E-state index in [1.807, 2.05) is 31.1 Å². The maximum Gasteiger partial charge on any atom is 0.229 e. The van der Waals surface area contributed by atoms with E-state index in [9.17, 15) is 9.59 Å². The van der Waals surface area contributed by atoms with Gasteiger partial charge in [-0.25, -0.2) is 4.98 Å². The highest BCUT2D eigenvalue weighted by Crippen LogP contribution is 2.29. The molecule has 1 saturated heterocycles. The van der Waals surface area contributed by atoms with Crippen molar-refractivity contribution < 1.29 is 9.59 Å². The summed E-state index contributed by atoms with van der Waals surface area (Å²) in [5.41, 5.74) is 3.98. The number of piperidine rings is 1. The fourth-order valence-electron chi connectivity index (χ4n) is 3.49. The zero-order valence-electron chi connectivity index (χ0n) is 17.3. The van der Waals surface area contributed by atoms with E-state index in [-0.39, 0.29) is 23.1 Å². The Bertz CT molecular complexity index is 874. The molecule has 0 saturated carbocycles. The van der Waals surface area contributed by atoms with Crippen LogP contribution in [-0.2, 0) is 9.59 Å². The number of benzene rings is 1. The van der Waals surface area contributed by atoms with Gasteiger partial charge in [-0.05, 0) is 38.3 Å². The van der Waals surface area contributed by atoms with Gasteiger partial charge in [-0.3, -0.25) is 9.59 Å². The number of nitrogens with zero attached hydrogens (tertiary/aromatic N) is 2. The number of aryl methyl sites for hydroxylation is 2. The van der Waals surface area contributed by atoms with Crippen LogP contribution in [0.15, 0.2) is 23.6 Å². The molecule has 1 N–H and O–H groups in total. The molecule has 2 heterocycles. The van der Waals surface area contributed by atoms with Gasteiger partial charge in [-0.15, -0.1) is 11.3 Å². The third-order valence-corrected chi connectivity index (χ3v) is 5.96. The topological polar surface area (TPSA) is 62.3 Å². The summed E-state index contributed by atoms with van der Waals surface area (Å²) in [5.74, 6) is 0.0891. The molecule has 28 heavy (non-hydrogen) atoms. The van der Waals surface area contributed by atoms with Crippen molar-refractivity contribution in [3.63, 3.8) is 0 Å². The Hall–Kier alpha value is -2.21. The van der Waals surface area contributed by atoms with Crippen LogP contribution in [0, 0.1) is 25.2 Å². The Morgan fingerprint density at radius 1 is 1.18 bits per heavy atom. The summed E-state index contributed by atoms with van der Waals surface area (Å²) >= 11 is 1.45. The summed E-state index contributed by atoms with van der Waals surface area (Å²) in [5, 5.41) is 5.60. The molecule has 5 nitrogen and oxygen atoms in total. The summed E-state index contributed by atoms with van der Waals surface area (Å²) in [6.07, 6.45) is 1.39. The average Bonchev–Trinajstić information content (AvgIpc) is 3.10. The Balaban J connectivity index is 1.60. The summed E-state index contributed by atoms with van der Waals surface area (Å²) in [6.45, 7) is 11.2. The SMILES string of the molecule is Cc1ccc(C)c(-c2csc(NC(=O)C3CCN(C(=O)C(C)(C)C)CC3)n2)c1. The van der Waals surface area contributed by atoms with Crippen molar-refractivity contribution in [3.8, 4) is 11.3 Å². The van der Waals surface area contributed by atoms with Gasteiger partial charge in [-0.1, -0.05) is 38.5 Å². The number of nitrogens with one attached hydrogen (secondary N) is 1. The Morgan fingerprint density at radius 3 is 2.50 bits per heavy atom. The van der Waals surface area contributed by atoms with Crippen LogP contribution in [0.4, 0.5) is 5.13 Å². The van der Waals surface area contributed by atoms with E-state index in [0.29, 0.717) is 31.1 Å². The van der Waals surface area contributed by atoms with Crippen molar-refractivity contribution in [1.29, 1.82) is 0 Å². The highest BCUT2D eigenvalue weighted by Gasteiger charge is 2.32. The lowest BCUT2D eigenvalue weighted by molar-refractivity contribution is -0.142. The second-order valence-corrected chi connectivity index (χ2v) is 9.52. The van der Waals surface area contributed by atoms with Crippen molar-refractivity contribution in [3.05, 3.63) is 34.7 Å². The molecule has 0 bridgehead atoms. The molecule has 1 aromatic heterocycles. The van der Waals surface area contributed by atoms with Crippen molar-refractivity contribution >= 4 is 28.3 Å². The van der Waals surface area contributed by atoms with Crippen LogP contribution in [0.5, 0.6) is 0 Å². The number of rotatable bonds is 3. The summed E-state index contributed by atoms with van der Waals surface area (Å²) < 4.78 is 0. The first-order chi connectivity index (χ1) is 13.1. The molecule has 0 unspecified atom stereocenters. The van der Waals surface area contributed by atoms with Gasteiger partial charge in [0.05, 0.1) is 5.69 Å². The van der Waals surface area contributed by atoms with E-state index in [1.165, 1.54) is 22.5 Å². The number of amides is 2. The van der Waals surface area contributed by atoms with Gasteiger partial charge >= 0.3 is 0 Å². The maximum absolute atomic E-state index is 12.7. The quantitative estimate of drug-likeness (QED) is 0.817. The van der Waals surface area contributed by atoms with E-state index >= 15 is 0 Å². The number of hydrogen-bond donors (Lipinski definition) is 1. The predicted octanol–water partition coefficient (Wildman–Crippen LogP) is 4.65. The molecule has 0 aliphatic carbocycles. The number of hydrogen-bond acceptors (Lipinski definition) is 4. The normalized spacial score (nSPS) is 15.5. The molecule has 1 aliphatic heterocycles. The Morgan fingerprint density at radius 2 is 1.86 bits per heavy atom. The second kappa shape index (κ2) is 8.03. The van der Waals surface area contributed by atoms with Crippen LogP contribution in [0.2, 0.25) is 0 Å². The van der Waals surface area contributed by atoms with Gasteiger partial charge in [-0.2, -0.15) is 0 Å². The Labute approximate surface area is 171 Å². The van der Waals surface area contributed by atoms with E-state index in [1.54, 1.807) is 0 Å². The van der Waals surface area contributed by atoms with Gasteiger partial charge < -0.3 is 10.2 Å². The van der Waals surface area contributed by atoms with Crippen molar-refractivity contribution in [2.45, 2.75) is 47.5 Å². The van der Waals surface area contributed by atoms with Gasteiger partial charge in [0.1, 0.15) is 0 Å². The van der Waals surface area contributed by atoms with Gasteiger partial charge in [0.2, 0.25) is 11.8 Å². The third kappa shape index (κ3) is 4.61. The molecule has 3 rings (SSSR count). The number of carbonyl (C=O) groups excluding carboxylic acids is 2. The molecule has 2 aromatic rings. The first-order valence-corrected chi connectivity index (χ1v) is 10.7. The number of likely N-dealkylation sites (tertiary alicyclic amines) is 1. The van der Waals surface area contributed by atoms with Crippen molar-refractivity contribution in [2.75, 3.05) is 18.4 Å². The van der Waals surface area contributed by atoms with E-state index in [2.05, 4.69) is 42.3 Å². The molecule has 1 aromatic carbocycles. The summed E-state index contributed by atoms with van der Waals surface area (Å²) in [4.78, 5) is 31.5. The maximum atomic E-state index is 12.7. The molecule has 1 aliphatic rings. The second-order valence-electron chi connectivity index (χ2n) is 8.66. The van der Waals surface area contributed by atoms with Crippen molar-refractivity contribution in [1.82, 2.24) is 9.88 Å². The zero-order valence-corrected chi connectivity index (χ0v) is 18.2.